The van der Waals surface area contributed by atoms with Gasteiger partial charge in [0, 0.05) is 6.54 Å². The van der Waals surface area contributed by atoms with Gasteiger partial charge in [0.05, 0.1) is 24.2 Å². The molecule has 0 fully saturated rings. The van der Waals surface area contributed by atoms with E-state index < -0.39 is 11.0 Å². The minimum Gasteiger partial charge on any atom is -0.390 e. The molecule has 0 saturated heterocycles. The number of aliphatic hydroxyl groups is 1. The van der Waals surface area contributed by atoms with Crippen molar-refractivity contribution in [1.29, 1.82) is 0 Å². The zero-order chi connectivity index (χ0) is 13.5. The standard InChI is InChI=1S/C10H18N4O4/c1-8(2)7-18-12-4-10(15)6-13-5-9(3-11-13)14(16)17/h3,5,8,10,12,15H,4,6-7H2,1-2H3. The van der Waals surface area contributed by atoms with Gasteiger partial charge in [-0.25, -0.2) is 0 Å². The highest BCUT2D eigenvalue weighted by molar-refractivity contribution is 5.20. The lowest BCUT2D eigenvalue weighted by atomic mass is 10.2. The summed E-state index contributed by atoms with van der Waals surface area (Å²) in [5.41, 5.74) is 2.55. The molecule has 1 atom stereocenters. The Labute approximate surface area is 105 Å². The van der Waals surface area contributed by atoms with Gasteiger partial charge in [-0.1, -0.05) is 13.8 Å². The van der Waals surface area contributed by atoms with Crippen LogP contribution in [-0.2, 0) is 11.4 Å². The molecule has 1 aromatic rings. The predicted octanol–water partition coefficient (Wildman–Crippen LogP) is 0.329. The van der Waals surface area contributed by atoms with Gasteiger partial charge in [-0.05, 0) is 5.92 Å². The zero-order valence-corrected chi connectivity index (χ0v) is 10.4. The van der Waals surface area contributed by atoms with Crippen LogP contribution in [-0.4, -0.2) is 39.1 Å². The molecule has 0 saturated carbocycles. The van der Waals surface area contributed by atoms with E-state index in [0.29, 0.717) is 12.5 Å². The number of aliphatic hydroxyl groups excluding tert-OH is 1. The van der Waals surface area contributed by atoms with E-state index in [4.69, 9.17) is 4.84 Å². The first-order valence-electron chi connectivity index (χ1n) is 5.68. The Hall–Kier alpha value is -1.51. The fourth-order valence-electron chi connectivity index (χ4n) is 1.21. The third-order valence-corrected chi connectivity index (χ3v) is 2.07. The molecule has 8 heteroatoms. The summed E-state index contributed by atoms with van der Waals surface area (Å²) in [4.78, 5) is 15.0. The van der Waals surface area contributed by atoms with E-state index in [1.807, 2.05) is 13.8 Å². The molecule has 18 heavy (non-hydrogen) atoms. The predicted molar refractivity (Wildman–Crippen MR) is 63.7 cm³/mol. The summed E-state index contributed by atoms with van der Waals surface area (Å²) in [5.74, 6) is 0.406. The van der Waals surface area contributed by atoms with Crippen molar-refractivity contribution in [1.82, 2.24) is 15.3 Å². The minimum absolute atomic E-state index is 0.0915. The molecule has 0 aromatic carbocycles. The second-order valence-electron chi connectivity index (χ2n) is 4.38. The van der Waals surface area contributed by atoms with Gasteiger partial charge in [-0.3, -0.25) is 14.8 Å². The summed E-state index contributed by atoms with van der Waals surface area (Å²) in [6.07, 6.45) is 1.70. The highest BCUT2D eigenvalue weighted by Crippen LogP contribution is 2.07. The lowest BCUT2D eigenvalue weighted by molar-refractivity contribution is -0.385. The number of hydrogen-bond donors (Lipinski definition) is 2. The normalized spacial score (nSPS) is 12.9. The number of rotatable bonds is 8. The summed E-state index contributed by atoms with van der Waals surface area (Å²) in [5, 5.41) is 23.9. The van der Waals surface area contributed by atoms with Gasteiger partial charge in [0.1, 0.15) is 12.4 Å². The molecule has 1 heterocycles. The summed E-state index contributed by atoms with van der Waals surface area (Å²) in [7, 11) is 0. The van der Waals surface area contributed by atoms with Crippen LogP contribution in [0.25, 0.3) is 0 Å². The Morgan fingerprint density at radius 3 is 2.94 bits per heavy atom. The fraction of sp³-hybridized carbons (Fsp3) is 0.700. The molecule has 0 aliphatic carbocycles. The van der Waals surface area contributed by atoms with Gasteiger partial charge in [0.2, 0.25) is 0 Å². The van der Waals surface area contributed by atoms with E-state index >= 15 is 0 Å². The number of nitro groups is 1. The molecule has 2 N–H and O–H groups in total. The highest BCUT2D eigenvalue weighted by atomic mass is 16.6. The van der Waals surface area contributed by atoms with Crippen LogP contribution in [0, 0.1) is 16.0 Å². The third-order valence-electron chi connectivity index (χ3n) is 2.07. The Bertz CT molecular complexity index is 380. The maximum Gasteiger partial charge on any atom is 0.306 e. The molecule has 102 valence electrons. The van der Waals surface area contributed by atoms with Crippen molar-refractivity contribution in [2.45, 2.75) is 26.5 Å². The minimum atomic E-state index is -0.725. The monoisotopic (exact) mass is 258 g/mol. The number of hydroxylamine groups is 1. The highest BCUT2D eigenvalue weighted by Gasteiger charge is 2.11. The average Bonchev–Trinajstić information content (AvgIpc) is 2.72. The summed E-state index contributed by atoms with van der Waals surface area (Å²) in [6.45, 7) is 4.99. The number of nitrogens with one attached hydrogen (secondary N) is 1. The van der Waals surface area contributed by atoms with E-state index in [1.54, 1.807) is 0 Å². The Kier molecular flexibility index (Phi) is 5.69. The number of hydrogen-bond acceptors (Lipinski definition) is 6. The van der Waals surface area contributed by atoms with Gasteiger partial charge in [-0.15, -0.1) is 0 Å². The van der Waals surface area contributed by atoms with Crippen molar-refractivity contribution in [2.75, 3.05) is 13.2 Å². The summed E-state index contributed by atoms with van der Waals surface area (Å²) >= 11 is 0. The Morgan fingerprint density at radius 1 is 1.67 bits per heavy atom. The smallest absolute Gasteiger partial charge is 0.306 e. The Morgan fingerprint density at radius 2 is 2.39 bits per heavy atom. The van der Waals surface area contributed by atoms with Gasteiger partial charge >= 0.3 is 5.69 Å². The van der Waals surface area contributed by atoms with E-state index in [2.05, 4.69) is 10.6 Å². The third kappa shape index (κ3) is 5.21. The quantitative estimate of drug-likeness (QED) is 0.396. The van der Waals surface area contributed by atoms with Crippen LogP contribution in [0.15, 0.2) is 12.4 Å². The largest absolute Gasteiger partial charge is 0.390 e. The van der Waals surface area contributed by atoms with Crippen molar-refractivity contribution < 1.29 is 14.9 Å². The van der Waals surface area contributed by atoms with Gasteiger partial charge in [-0.2, -0.15) is 10.6 Å². The average molecular weight is 258 g/mol. The molecule has 1 unspecified atom stereocenters. The van der Waals surface area contributed by atoms with Crippen LogP contribution in [0.2, 0.25) is 0 Å². The van der Waals surface area contributed by atoms with E-state index in [9.17, 15) is 15.2 Å². The SMILES string of the molecule is CC(C)CONCC(O)Cn1cc([N+](=O)[O-])cn1. The van der Waals surface area contributed by atoms with Crippen LogP contribution < -0.4 is 5.48 Å². The number of aromatic nitrogens is 2. The van der Waals surface area contributed by atoms with Gasteiger partial charge < -0.3 is 9.94 Å². The second-order valence-corrected chi connectivity index (χ2v) is 4.38. The van der Waals surface area contributed by atoms with Crippen LogP contribution in [0.5, 0.6) is 0 Å². The first-order chi connectivity index (χ1) is 8.49. The van der Waals surface area contributed by atoms with Crippen LogP contribution >= 0.6 is 0 Å². The topological polar surface area (TPSA) is 102 Å². The summed E-state index contributed by atoms with van der Waals surface area (Å²) < 4.78 is 1.33. The van der Waals surface area contributed by atoms with Gasteiger partial charge in [0.15, 0.2) is 0 Å². The van der Waals surface area contributed by atoms with Crippen molar-refractivity contribution in [2.24, 2.45) is 5.92 Å². The molecular weight excluding hydrogens is 240 g/mol. The number of nitrogens with zero attached hydrogens (tertiary/aromatic N) is 3. The molecule has 0 amide bonds. The Balaban J connectivity index is 2.26. The lowest BCUT2D eigenvalue weighted by Gasteiger charge is -2.12. The van der Waals surface area contributed by atoms with Crippen molar-refractivity contribution in [3.63, 3.8) is 0 Å². The maximum atomic E-state index is 10.4. The van der Waals surface area contributed by atoms with Crippen LogP contribution in [0.1, 0.15) is 13.8 Å². The van der Waals surface area contributed by atoms with Gasteiger partial charge in [0.25, 0.3) is 0 Å². The van der Waals surface area contributed by atoms with Crippen molar-refractivity contribution >= 4 is 5.69 Å². The second kappa shape index (κ2) is 7.04. The zero-order valence-electron chi connectivity index (χ0n) is 10.4. The van der Waals surface area contributed by atoms with Crippen LogP contribution in [0.3, 0.4) is 0 Å². The first kappa shape index (κ1) is 14.6. The van der Waals surface area contributed by atoms with E-state index in [-0.39, 0.29) is 18.8 Å². The molecule has 0 aliphatic rings. The fourth-order valence-corrected chi connectivity index (χ4v) is 1.21. The molecule has 1 aromatic heterocycles. The first-order valence-corrected chi connectivity index (χ1v) is 5.68. The molecular formula is C10H18N4O4. The summed E-state index contributed by atoms with van der Waals surface area (Å²) in [6, 6.07) is 0. The molecule has 0 spiro atoms. The molecule has 0 radical (unpaired) electrons. The van der Waals surface area contributed by atoms with Crippen molar-refractivity contribution in [3.05, 3.63) is 22.5 Å². The van der Waals surface area contributed by atoms with E-state index in [1.165, 1.54) is 10.9 Å². The molecule has 1 rings (SSSR count). The molecule has 8 nitrogen and oxygen atoms in total. The van der Waals surface area contributed by atoms with Crippen LogP contribution in [0.4, 0.5) is 5.69 Å². The molecule has 0 bridgehead atoms. The van der Waals surface area contributed by atoms with Crippen molar-refractivity contribution in [3.8, 4) is 0 Å². The maximum absolute atomic E-state index is 10.4. The van der Waals surface area contributed by atoms with E-state index in [0.717, 1.165) is 6.20 Å². The molecule has 0 aliphatic heterocycles. The lowest BCUT2D eigenvalue weighted by Crippen LogP contribution is -2.31.